The number of hydrogen-bond acceptors (Lipinski definition) is 3. The highest BCUT2D eigenvalue weighted by Crippen LogP contribution is 2.28. The second-order valence-corrected chi connectivity index (χ2v) is 7.30. The lowest BCUT2D eigenvalue weighted by molar-refractivity contribution is -0.133. The number of rotatable bonds is 5. The lowest BCUT2D eigenvalue weighted by Crippen LogP contribution is -2.42. The number of nitrogens with one attached hydrogen (secondary N) is 2. The smallest absolute Gasteiger partial charge is 0.325 e. The van der Waals surface area contributed by atoms with E-state index in [9.17, 15) is 14.4 Å². The summed E-state index contributed by atoms with van der Waals surface area (Å²) < 4.78 is 0. The standard InChI is InChI=1S/C24H21N3O3/c1-24(19-10-6-3-7-11-19)22(29)27(23(30)26-24)16-21(28)25-20-14-12-18(13-15-20)17-8-4-2-5-9-17/h2-15H,16H2,1H3,(H,25,28)(H,26,30). The Bertz CT molecular complexity index is 1080. The molecule has 150 valence electrons. The van der Waals surface area contributed by atoms with Gasteiger partial charge >= 0.3 is 6.03 Å². The summed E-state index contributed by atoms with van der Waals surface area (Å²) in [7, 11) is 0. The first-order valence-corrected chi connectivity index (χ1v) is 9.62. The van der Waals surface area contributed by atoms with Crippen molar-refractivity contribution in [3.05, 3.63) is 90.5 Å². The molecule has 1 aliphatic rings. The maximum atomic E-state index is 12.9. The van der Waals surface area contributed by atoms with Crippen molar-refractivity contribution >= 4 is 23.5 Å². The van der Waals surface area contributed by atoms with E-state index in [2.05, 4.69) is 10.6 Å². The van der Waals surface area contributed by atoms with E-state index in [0.29, 0.717) is 11.3 Å². The number of carbonyl (C=O) groups is 3. The fourth-order valence-corrected chi connectivity index (χ4v) is 3.53. The van der Waals surface area contributed by atoms with Crippen LogP contribution in [0.5, 0.6) is 0 Å². The van der Waals surface area contributed by atoms with Crippen LogP contribution in [-0.2, 0) is 15.1 Å². The Hall–Kier alpha value is -3.93. The van der Waals surface area contributed by atoms with Crippen LogP contribution in [0.4, 0.5) is 10.5 Å². The van der Waals surface area contributed by atoms with Gasteiger partial charge in [-0.3, -0.25) is 14.5 Å². The quantitative estimate of drug-likeness (QED) is 0.641. The Morgan fingerprint density at radius 2 is 1.43 bits per heavy atom. The third kappa shape index (κ3) is 3.67. The molecule has 4 rings (SSSR count). The molecule has 30 heavy (non-hydrogen) atoms. The van der Waals surface area contributed by atoms with Gasteiger partial charge in [-0.1, -0.05) is 72.8 Å². The Balaban J connectivity index is 1.43. The highest BCUT2D eigenvalue weighted by Gasteiger charge is 2.49. The van der Waals surface area contributed by atoms with Crippen LogP contribution in [0.3, 0.4) is 0 Å². The van der Waals surface area contributed by atoms with Crippen LogP contribution >= 0.6 is 0 Å². The SMILES string of the molecule is CC1(c2ccccc2)NC(=O)N(CC(=O)Nc2ccc(-c3ccccc3)cc2)C1=O. The van der Waals surface area contributed by atoms with Gasteiger partial charge in [-0.15, -0.1) is 0 Å². The maximum absolute atomic E-state index is 12.9. The molecule has 3 aromatic carbocycles. The normalized spacial score (nSPS) is 18.2. The molecule has 0 radical (unpaired) electrons. The highest BCUT2D eigenvalue weighted by molar-refractivity contribution is 6.10. The third-order valence-electron chi connectivity index (χ3n) is 5.20. The number of urea groups is 1. The summed E-state index contributed by atoms with van der Waals surface area (Å²) in [6.45, 7) is 1.29. The van der Waals surface area contributed by atoms with Crippen molar-refractivity contribution in [1.29, 1.82) is 0 Å². The summed E-state index contributed by atoms with van der Waals surface area (Å²) in [5.74, 6) is -0.892. The van der Waals surface area contributed by atoms with Gasteiger partial charge in [0.15, 0.2) is 0 Å². The van der Waals surface area contributed by atoms with Crippen LogP contribution in [0.1, 0.15) is 12.5 Å². The van der Waals surface area contributed by atoms with Crippen LogP contribution in [-0.4, -0.2) is 29.3 Å². The molecule has 1 unspecified atom stereocenters. The van der Waals surface area contributed by atoms with Crippen LogP contribution in [0, 0.1) is 0 Å². The lowest BCUT2D eigenvalue weighted by atomic mass is 9.92. The summed E-state index contributed by atoms with van der Waals surface area (Å²) in [6, 6.07) is 25.7. The summed E-state index contributed by atoms with van der Waals surface area (Å²) in [5, 5.41) is 5.44. The molecule has 1 heterocycles. The number of benzene rings is 3. The molecule has 0 spiro atoms. The molecular formula is C24H21N3O3. The van der Waals surface area contributed by atoms with E-state index in [1.54, 1.807) is 43.3 Å². The minimum absolute atomic E-state index is 0.354. The monoisotopic (exact) mass is 399 g/mol. The topological polar surface area (TPSA) is 78.5 Å². The van der Waals surface area contributed by atoms with Crippen molar-refractivity contribution in [3.8, 4) is 11.1 Å². The number of amides is 4. The second-order valence-electron chi connectivity index (χ2n) is 7.30. The van der Waals surface area contributed by atoms with Crippen molar-refractivity contribution in [3.63, 3.8) is 0 Å². The molecule has 1 fully saturated rings. The number of hydrogen-bond donors (Lipinski definition) is 2. The van der Waals surface area contributed by atoms with E-state index >= 15 is 0 Å². The number of anilines is 1. The summed E-state index contributed by atoms with van der Waals surface area (Å²) >= 11 is 0. The van der Waals surface area contributed by atoms with Crippen LogP contribution in [0.15, 0.2) is 84.9 Å². The molecule has 0 saturated carbocycles. The average Bonchev–Trinajstić information content (AvgIpc) is 2.99. The van der Waals surface area contributed by atoms with Crippen molar-refractivity contribution in [2.24, 2.45) is 0 Å². The maximum Gasteiger partial charge on any atom is 0.325 e. The van der Waals surface area contributed by atoms with Gasteiger partial charge in [-0.05, 0) is 35.7 Å². The van der Waals surface area contributed by atoms with Crippen LogP contribution in [0.2, 0.25) is 0 Å². The van der Waals surface area contributed by atoms with E-state index in [0.717, 1.165) is 16.0 Å². The van der Waals surface area contributed by atoms with Gasteiger partial charge in [-0.2, -0.15) is 0 Å². The molecule has 0 bridgehead atoms. The van der Waals surface area contributed by atoms with E-state index in [4.69, 9.17) is 0 Å². The molecule has 0 aliphatic carbocycles. The Morgan fingerprint density at radius 1 is 0.867 bits per heavy atom. The summed E-state index contributed by atoms with van der Waals surface area (Å²) in [5.41, 5.74) is 2.19. The van der Waals surface area contributed by atoms with Crippen LogP contribution in [0.25, 0.3) is 11.1 Å². The molecule has 1 atom stereocenters. The van der Waals surface area contributed by atoms with E-state index < -0.39 is 23.4 Å². The van der Waals surface area contributed by atoms with Crippen molar-refractivity contribution in [2.45, 2.75) is 12.5 Å². The first-order valence-electron chi connectivity index (χ1n) is 9.62. The highest BCUT2D eigenvalue weighted by atomic mass is 16.2. The van der Waals surface area contributed by atoms with Gasteiger partial charge < -0.3 is 10.6 Å². The van der Waals surface area contributed by atoms with Crippen molar-refractivity contribution in [2.75, 3.05) is 11.9 Å². The number of nitrogens with zero attached hydrogens (tertiary/aromatic N) is 1. The van der Waals surface area contributed by atoms with E-state index in [-0.39, 0.29) is 6.54 Å². The number of carbonyl (C=O) groups excluding carboxylic acids is 3. The first kappa shape index (κ1) is 19.4. The largest absolute Gasteiger partial charge is 0.325 e. The zero-order valence-corrected chi connectivity index (χ0v) is 16.5. The third-order valence-corrected chi connectivity index (χ3v) is 5.20. The molecule has 2 N–H and O–H groups in total. The van der Waals surface area contributed by atoms with E-state index in [1.807, 2.05) is 48.5 Å². The first-order chi connectivity index (χ1) is 14.5. The Kier molecular flexibility index (Phi) is 5.06. The second kappa shape index (κ2) is 7.83. The Labute approximate surface area is 174 Å². The number of imide groups is 1. The molecule has 1 saturated heterocycles. The van der Waals surface area contributed by atoms with Crippen molar-refractivity contribution in [1.82, 2.24) is 10.2 Å². The minimum Gasteiger partial charge on any atom is -0.325 e. The molecule has 1 aliphatic heterocycles. The predicted octanol–water partition coefficient (Wildman–Crippen LogP) is 3.76. The Morgan fingerprint density at radius 3 is 2.07 bits per heavy atom. The predicted molar refractivity (Wildman–Crippen MR) is 115 cm³/mol. The van der Waals surface area contributed by atoms with E-state index in [1.165, 1.54) is 0 Å². The summed E-state index contributed by atoms with van der Waals surface area (Å²) in [4.78, 5) is 38.7. The summed E-state index contributed by atoms with van der Waals surface area (Å²) in [6.07, 6.45) is 0. The lowest BCUT2D eigenvalue weighted by Gasteiger charge is -2.22. The van der Waals surface area contributed by atoms with Gasteiger partial charge in [0.1, 0.15) is 12.1 Å². The van der Waals surface area contributed by atoms with Gasteiger partial charge in [0.2, 0.25) is 5.91 Å². The molecular weight excluding hydrogens is 378 g/mol. The average molecular weight is 399 g/mol. The van der Waals surface area contributed by atoms with Gasteiger partial charge in [0, 0.05) is 5.69 Å². The fraction of sp³-hybridized carbons (Fsp3) is 0.125. The van der Waals surface area contributed by atoms with Gasteiger partial charge in [0.25, 0.3) is 5.91 Å². The van der Waals surface area contributed by atoms with Gasteiger partial charge in [-0.25, -0.2) is 4.79 Å². The molecule has 0 aromatic heterocycles. The molecule has 3 aromatic rings. The zero-order chi connectivity index (χ0) is 21.1. The van der Waals surface area contributed by atoms with Crippen molar-refractivity contribution < 1.29 is 14.4 Å². The minimum atomic E-state index is -1.18. The van der Waals surface area contributed by atoms with Gasteiger partial charge in [0.05, 0.1) is 0 Å². The molecule has 6 heteroatoms. The zero-order valence-electron chi connectivity index (χ0n) is 16.5. The molecule has 6 nitrogen and oxygen atoms in total. The molecule has 4 amide bonds. The van der Waals surface area contributed by atoms with Crippen LogP contribution < -0.4 is 10.6 Å². The fourth-order valence-electron chi connectivity index (χ4n) is 3.53.